The smallest absolute Gasteiger partial charge is 0.263 e. The summed E-state index contributed by atoms with van der Waals surface area (Å²) in [6, 6.07) is 3.80. The molecule has 5 heterocycles. The number of ether oxygens (including phenoxy) is 1. The maximum Gasteiger partial charge on any atom is 0.263 e. The van der Waals surface area contributed by atoms with E-state index in [1.54, 1.807) is 11.1 Å². The highest BCUT2D eigenvalue weighted by Gasteiger charge is 2.38. The van der Waals surface area contributed by atoms with E-state index in [4.69, 9.17) is 16.3 Å². The number of rotatable bonds is 4. The van der Waals surface area contributed by atoms with Crippen LogP contribution in [0.25, 0.3) is 21.1 Å². The molecule has 6 rings (SSSR count). The molecule has 37 heavy (non-hydrogen) atoms. The molecule has 2 aliphatic rings. The Morgan fingerprint density at radius 1 is 1.22 bits per heavy atom. The Balaban J connectivity index is 1.34. The van der Waals surface area contributed by atoms with Crippen molar-refractivity contribution in [1.29, 1.82) is 0 Å². The summed E-state index contributed by atoms with van der Waals surface area (Å²) in [7, 11) is 0. The van der Waals surface area contributed by atoms with E-state index in [-0.39, 0.29) is 34.9 Å². The molecule has 1 atom stereocenters. The zero-order valence-corrected chi connectivity index (χ0v) is 22.0. The second-order valence-electron chi connectivity index (χ2n) is 10.0. The fourth-order valence-electron chi connectivity index (χ4n) is 4.70. The largest absolute Gasteiger partial charge is 0.418 e. The van der Waals surface area contributed by atoms with Gasteiger partial charge in [-0.1, -0.05) is 13.8 Å². The summed E-state index contributed by atoms with van der Waals surface area (Å²) in [6.45, 7) is 7.42. The molecule has 2 amide bonds. The monoisotopic (exact) mass is 537 g/mol. The number of nitrogens with one attached hydrogen (secondary N) is 2. The molecule has 2 aliphatic heterocycles. The molecule has 0 unspecified atom stereocenters. The molecule has 1 aromatic carbocycles. The van der Waals surface area contributed by atoms with Gasteiger partial charge < -0.3 is 20.3 Å². The zero-order chi connectivity index (χ0) is 25.9. The summed E-state index contributed by atoms with van der Waals surface area (Å²) in [5.74, 6) is 0.442. The van der Waals surface area contributed by atoms with E-state index < -0.39 is 5.41 Å². The van der Waals surface area contributed by atoms with Gasteiger partial charge in [0.05, 0.1) is 35.0 Å². The number of halogens is 1. The molecule has 12 heteroatoms. The Kier molecular flexibility index (Phi) is 5.64. The molecular weight excluding hydrogens is 514 g/mol. The Hall–Kier alpha value is -3.57. The van der Waals surface area contributed by atoms with Crippen molar-refractivity contribution < 1.29 is 14.3 Å². The van der Waals surface area contributed by atoms with Crippen molar-refractivity contribution in [1.82, 2.24) is 30.2 Å². The summed E-state index contributed by atoms with van der Waals surface area (Å²) >= 11 is 7.49. The van der Waals surface area contributed by atoms with E-state index in [0.29, 0.717) is 41.1 Å². The van der Waals surface area contributed by atoms with Crippen molar-refractivity contribution in [3.8, 4) is 11.8 Å². The van der Waals surface area contributed by atoms with Crippen LogP contribution in [-0.2, 0) is 11.3 Å². The summed E-state index contributed by atoms with van der Waals surface area (Å²) in [4.78, 5) is 45.5. The molecule has 4 aromatic rings. The van der Waals surface area contributed by atoms with Crippen LogP contribution in [0.4, 0.5) is 5.69 Å². The highest BCUT2D eigenvalue weighted by molar-refractivity contribution is 7.21. The number of amides is 2. The van der Waals surface area contributed by atoms with Crippen LogP contribution in [0, 0.1) is 5.41 Å². The van der Waals surface area contributed by atoms with Gasteiger partial charge in [0.25, 0.3) is 5.91 Å². The number of fused-ring (bicyclic) bond motifs is 5. The third kappa shape index (κ3) is 4.21. The average molecular weight is 538 g/mol. The molecule has 0 saturated carbocycles. The Labute approximate surface area is 221 Å². The summed E-state index contributed by atoms with van der Waals surface area (Å²) < 4.78 is 6.97. The number of likely N-dealkylation sites (tertiary alicyclic amines) is 1. The first kappa shape index (κ1) is 23.8. The van der Waals surface area contributed by atoms with Gasteiger partial charge in [0, 0.05) is 40.8 Å². The van der Waals surface area contributed by atoms with E-state index in [1.165, 1.54) is 17.5 Å². The first-order chi connectivity index (χ1) is 17.7. The minimum Gasteiger partial charge on any atom is -0.418 e. The Morgan fingerprint density at radius 2 is 2.05 bits per heavy atom. The lowest BCUT2D eigenvalue weighted by Gasteiger charge is -2.20. The molecule has 0 radical (unpaired) electrons. The number of hydrogen-bond donors (Lipinski definition) is 2. The topological polar surface area (TPSA) is 122 Å². The normalized spacial score (nSPS) is 19.0. The van der Waals surface area contributed by atoms with Gasteiger partial charge in [0.2, 0.25) is 23.0 Å². The number of carbonyl (C=O) groups is 2. The highest BCUT2D eigenvalue weighted by atomic mass is 35.5. The lowest BCUT2D eigenvalue weighted by atomic mass is 9.92. The second kappa shape index (κ2) is 8.77. The van der Waals surface area contributed by atoms with Crippen molar-refractivity contribution in [2.45, 2.75) is 39.8 Å². The second-order valence-corrected chi connectivity index (χ2v) is 11.4. The summed E-state index contributed by atoms with van der Waals surface area (Å²) in [5, 5.41) is 7.28. The predicted octanol–water partition coefficient (Wildman–Crippen LogP) is 4.38. The van der Waals surface area contributed by atoms with Crippen molar-refractivity contribution in [3.05, 3.63) is 40.3 Å². The van der Waals surface area contributed by atoms with E-state index in [9.17, 15) is 9.59 Å². The molecule has 1 saturated heterocycles. The van der Waals surface area contributed by atoms with Crippen molar-refractivity contribution in [2.75, 3.05) is 18.4 Å². The van der Waals surface area contributed by atoms with Gasteiger partial charge in [0.1, 0.15) is 4.88 Å². The first-order valence-corrected chi connectivity index (χ1v) is 13.1. The van der Waals surface area contributed by atoms with Gasteiger partial charge in [0.15, 0.2) is 0 Å². The Morgan fingerprint density at radius 3 is 2.84 bits per heavy atom. The third-order valence-corrected chi connectivity index (χ3v) is 8.08. The fraction of sp³-hybridized carbons (Fsp3) is 0.360. The summed E-state index contributed by atoms with van der Waals surface area (Å²) in [6.07, 6.45) is 3.87. The van der Waals surface area contributed by atoms with E-state index in [2.05, 4.69) is 30.6 Å². The van der Waals surface area contributed by atoms with E-state index in [0.717, 1.165) is 22.2 Å². The zero-order valence-electron chi connectivity index (χ0n) is 20.5. The molecule has 0 bridgehead atoms. The minimum absolute atomic E-state index is 0.0130. The SMILES string of the molecule is C[C@@H]1CNc2c(sc3ccc4nc(Oc5nc(Cl)ncc5CN5CCC(C)(C)C5=O)cnc4c23)C(=O)N1. The van der Waals surface area contributed by atoms with Crippen LogP contribution in [0.1, 0.15) is 42.4 Å². The number of carbonyl (C=O) groups excluding carboxylic acids is 2. The molecule has 2 N–H and O–H groups in total. The quantitative estimate of drug-likeness (QED) is 0.368. The van der Waals surface area contributed by atoms with Crippen molar-refractivity contribution in [3.63, 3.8) is 0 Å². The first-order valence-electron chi connectivity index (χ1n) is 12.0. The van der Waals surface area contributed by atoms with Crippen LogP contribution in [-0.4, -0.2) is 55.8 Å². The number of hydrogen-bond acceptors (Lipinski definition) is 9. The van der Waals surface area contributed by atoms with E-state index in [1.807, 2.05) is 32.9 Å². The molecule has 1 fully saturated rings. The van der Waals surface area contributed by atoms with Gasteiger partial charge in [-0.15, -0.1) is 11.3 Å². The van der Waals surface area contributed by atoms with Gasteiger partial charge in [-0.25, -0.2) is 15.0 Å². The number of thiophene rings is 1. The Bertz CT molecular complexity index is 1590. The fourth-order valence-corrected chi connectivity index (χ4v) is 5.91. The lowest BCUT2D eigenvalue weighted by Crippen LogP contribution is -2.34. The molecule has 10 nitrogen and oxygen atoms in total. The van der Waals surface area contributed by atoms with Crippen LogP contribution < -0.4 is 15.4 Å². The third-order valence-electron chi connectivity index (χ3n) is 6.74. The molecule has 0 aliphatic carbocycles. The van der Waals surface area contributed by atoms with Crippen LogP contribution in [0.5, 0.6) is 11.8 Å². The predicted molar refractivity (Wildman–Crippen MR) is 141 cm³/mol. The molecule has 190 valence electrons. The average Bonchev–Trinajstić information content (AvgIpc) is 3.31. The minimum atomic E-state index is -0.392. The van der Waals surface area contributed by atoms with Crippen LogP contribution in [0.15, 0.2) is 24.5 Å². The standard InChI is InChI=1S/C25H24ClN7O3S/c1-12-8-27-19-17-15(37-20(19)21(34)30-12)5-4-14-18(17)28-10-16(31-14)36-22-13(9-29-24(26)32-22)11-33-7-6-25(2,3)23(33)35/h4-5,9-10,12,27H,6-8,11H2,1-3H3,(H,30,34)/t12-/m1/s1. The maximum absolute atomic E-state index is 12.7. The maximum atomic E-state index is 12.7. The number of benzene rings is 1. The van der Waals surface area contributed by atoms with Crippen molar-refractivity contribution >= 4 is 61.6 Å². The summed E-state index contributed by atoms with van der Waals surface area (Å²) in [5.41, 5.74) is 2.29. The van der Waals surface area contributed by atoms with Gasteiger partial charge in [-0.2, -0.15) is 4.98 Å². The van der Waals surface area contributed by atoms with Crippen LogP contribution >= 0.6 is 22.9 Å². The molecule has 0 spiro atoms. The van der Waals surface area contributed by atoms with Crippen LogP contribution in [0.2, 0.25) is 5.28 Å². The number of aromatic nitrogens is 4. The van der Waals surface area contributed by atoms with Gasteiger partial charge >= 0.3 is 0 Å². The molecular formula is C25H24ClN7O3S. The number of nitrogens with zero attached hydrogens (tertiary/aromatic N) is 5. The number of anilines is 1. The molecule has 3 aromatic heterocycles. The van der Waals surface area contributed by atoms with Gasteiger partial charge in [-0.3, -0.25) is 9.59 Å². The highest BCUT2D eigenvalue weighted by Crippen LogP contribution is 2.40. The van der Waals surface area contributed by atoms with Crippen LogP contribution in [0.3, 0.4) is 0 Å². The van der Waals surface area contributed by atoms with Crippen molar-refractivity contribution in [2.24, 2.45) is 5.41 Å². The lowest BCUT2D eigenvalue weighted by molar-refractivity contribution is -0.135. The van der Waals surface area contributed by atoms with Gasteiger partial charge in [-0.05, 0) is 37.1 Å². The van der Waals surface area contributed by atoms with E-state index >= 15 is 0 Å².